The Labute approximate surface area is 253 Å². The Bertz CT molecular complexity index is 1040. The maximum absolute atomic E-state index is 12.2. The fourth-order valence-corrected chi connectivity index (χ4v) is 6.07. The Hall–Kier alpha value is -2.23. The molecule has 252 valence electrons. The number of nitrogens with zero attached hydrogens (tertiary/aromatic N) is 2. The number of hydrogen-bond donors (Lipinski definition) is 8. The molecule has 18 nitrogen and oxygen atoms in total. The SMILES string of the molecule is COCC1OC(OC2C(CO)OC(O[C@@H]3[C@H](O)[C@@H]4N=C(N(C)C)O[C@@H]4[C@H]3CO)C(NC(C)=O)C2O)C(NC(C)=O)C(O)C1O. The minimum absolute atomic E-state index is 0.149. The number of hydrogen-bond acceptors (Lipinski definition) is 16. The lowest BCUT2D eigenvalue weighted by Gasteiger charge is -2.48. The molecule has 10 unspecified atom stereocenters. The number of methoxy groups -OCH3 is 1. The van der Waals surface area contributed by atoms with Crippen LogP contribution in [0, 0.1) is 5.92 Å². The largest absolute Gasteiger partial charge is 0.459 e. The Morgan fingerprint density at radius 2 is 1.41 bits per heavy atom. The van der Waals surface area contributed by atoms with Gasteiger partial charge in [0.2, 0.25) is 11.8 Å². The molecule has 2 saturated heterocycles. The summed E-state index contributed by atoms with van der Waals surface area (Å²) in [6, 6.07) is -3.11. The summed E-state index contributed by atoms with van der Waals surface area (Å²) >= 11 is 0. The standard InChI is InChI=1S/C26H44N4O14/c1-9(33)27-15-18(36)17(35)13(8-39-5)41-24(15)43-23-12(7-32)40-25(16(20(23)38)28-10(2)34)42-22-11(6-31)21-14(19(22)37)29-26(44-21)30(3)4/h11-25,31-32,35-38H,6-8H2,1-5H3,(H,27,33)(H,28,34)/t11-,12?,13?,14+,15?,16?,17?,18?,19-,20?,21-,22+,23?,24?,25?/m1/s1. The summed E-state index contributed by atoms with van der Waals surface area (Å²) < 4.78 is 34.8. The Kier molecular flexibility index (Phi) is 11.4. The van der Waals surface area contributed by atoms with Crippen molar-refractivity contribution in [2.24, 2.45) is 10.9 Å². The molecule has 0 spiro atoms. The van der Waals surface area contributed by atoms with Crippen molar-refractivity contribution in [3.63, 3.8) is 0 Å². The minimum atomic E-state index is -1.64. The van der Waals surface area contributed by atoms with E-state index in [1.807, 2.05) is 0 Å². The summed E-state index contributed by atoms with van der Waals surface area (Å²) in [5, 5.41) is 69.3. The molecule has 4 rings (SSSR count). The number of rotatable bonds is 10. The van der Waals surface area contributed by atoms with Crippen molar-refractivity contribution in [1.82, 2.24) is 15.5 Å². The molecule has 15 atom stereocenters. The predicted octanol–water partition coefficient (Wildman–Crippen LogP) is -5.39. The number of amides is 2. The van der Waals surface area contributed by atoms with Gasteiger partial charge in [-0.3, -0.25) is 9.59 Å². The molecule has 0 aromatic heterocycles. The van der Waals surface area contributed by atoms with E-state index in [1.165, 1.54) is 21.0 Å². The van der Waals surface area contributed by atoms with E-state index in [2.05, 4.69) is 15.6 Å². The number of ether oxygens (including phenoxy) is 6. The smallest absolute Gasteiger partial charge is 0.287 e. The van der Waals surface area contributed by atoms with Crippen LogP contribution in [0.15, 0.2) is 4.99 Å². The molecular formula is C26H44N4O14. The first-order valence-electron chi connectivity index (χ1n) is 14.3. The van der Waals surface area contributed by atoms with E-state index in [4.69, 9.17) is 28.4 Å². The van der Waals surface area contributed by atoms with E-state index in [0.29, 0.717) is 0 Å². The molecule has 3 fully saturated rings. The molecule has 4 aliphatic rings. The summed E-state index contributed by atoms with van der Waals surface area (Å²) in [5.74, 6) is -1.92. The van der Waals surface area contributed by atoms with Gasteiger partial charge in [0.1, 0.15) is 67.0 Å². The van der Waals surface area contributed by atoms with Gasteiger partial charge < -0.3 is 74.6 Å². The monoisotopic (exact) mass is 636 g/mol. The van der Waals surface area contributed by atoms with Crippen molar-refractivity contribution in [3.8, 4) is 0 Å². The molecule has 0 radical (unpaired) electrons. The number of carbonyl (C=O) groups excluding carboxylic acids is 2. The van der Waals surface area contributed by atoms with Crippen LogP contribution in [0.1, 0.15) is 13.8 Å². The molecule has 3 aliphatic heterocycles. The average molecular weight is 637 g/mol. The number of aliphatic hydroxyl groups excluding tert-OH is 6. The van der Waals surface area contributed by atoms with Gasteiger partial charge in [0, 0.05) is 35.1 Å². The summed E-state index contributed by atoms with van der Waals surface area (Å²) in [4.78, 5) is 30.1. The number of amidine groups is 1. The third kappa shape index (κ3) is 6.95. The summed E-state index contributed by atoms with van der Waals surface area (Å²) in [6.45, 7) is 1.06. The Balaban J connectivity index is 1.57. The van der Waals surface area contributed by atoms with Crippen molar-refractivity contribution in [2.75, 3.05) is 41.0 Å². The number of aliphatic hydroxyl groups is 6. The number of fused-ring (bicyclic) bond motifs is 1. The van der Waals surface area contributed by atoms with Crippen LogP contribution in [0.5, 0.6) is 0 Å². The van der Waals surface area contributed by atoms with Crippen molar-refractivity contribution in [1.29, 1.82) is 0 Å². The van der Waals surface area contributed by atoms with E-state index < -0.39 is 117 Å². The molecule has 0 aromatic rings. The Morgan fingerprint density at radius 1 is 0.841 bits per heavy atom. The van der Waals surface area contributed by atoms with Gasteiger partial charge in [-0.25, -0.2) is 4.99 Å². The van der Waals surface area contributed by atoms with E-state index >= 15 is 0 Å². The third-order valence-electron chi connectivity index (χ3n) is 8.17. The van der Waals surface area contributed by atoms with Crippen LogP contribution in [-0.4, -0.2) is 180 Å². The fraction of sp³-hybridized carbons (Fsp3) is 0.885. The van der Waals surface area contributed by atoms with Crippen LogP contribution in [0.3, 0.4) is 0 Å². The molecular weight excluding hydrogens is 592 g/mol. The fourth-order valence-electron chi connectivity index (χ4n) is 6.07. The lowest BCUT2D eigenvalue weighted by Crippen LogP contribution is -2.69. The van der Waals surface area contributed by atoms with Crippen molar-refractivity contribution < 1.29 is 68.6 Å². The van der Waals surface area contributed by atoms with Gasteiger partial charge in [-0.1, -0.05) is 0 Å². The second kappa shape index (κ2) is 14.5. The zero-order valence-corrected chi connectivity index (χ0v) is 25.1. The average Bonchev–Trinajstić information content (AvgIpc) is 3.50. The highest BCUT2D eigenvalue weighted by Gasteiger charge is 2.58. The summed E-state index contributed by atoms with van der Waals surface area (Å²) in [7, 11) is 4.79. The van der Waals surface area contributed by atoms with Crippen molar-refractivity contribution in [2.45, 2.75) is 99.5 Å². The van der Waals surface area contributed by atoms with Gasteiger partial charge in [-0.05, 0) is 0 Å². The number of aliphatic imine (C=N–C) groups is 1. The van der Waals surface area contributed by atoms with Crippen LogP contribution in [0.4, 0.5) is 0 Å². The lowest BCUT2D eigenvalue weighted by atomic mass is 9.94. The van der Waals surface area contributed by atoms with Gasteiger partial charge in [-0.15, -0.1) is 0 Å². The zero-order valence-electron chi connectivity index (χ0n) is 25.1. The first-order chi connectivity index (χ1) is 20.8. The molecule has 3 heterocycles. The highest BCUT2D eigenvalue weighted by molar-refractivity contribution is 5.76. The second-order valence-corrected chi connectivity index (χ2v) is 11.6. The molecule has 1 saturated carbocycles. The minimum Gasteiger partial charge on any atom is -0.459 e. The van der Waals surface area contributed by atoms with Gasteiger partial charge in [-0.2, -0.15) is 0 Å². The van der Waals surface area contributed by atoms with Crippen molar-refractivity contribution >= 4 is 17.8 Å². The van der Waals surface area contributed by atoms with E-state index in [-0.39, 0.29) is 12.6 Å². The first kappa shape index (κ1) is 34.6. The third-order valence-corrected chi connectivity index (χ3v) is 8.17. The maximum atomic E-state index is 12.2. The van der Waals surface area contributed by atoms with Crippen molar-refractivity contribution in [3.05, 3.63) is 0 Å². The normalized spacial score (nSPS) is 43.5. The second-order valence-electron chi connectivity index (χ2n) is 11.6. The van der Waals surface area contributed by atoms with Gasteiger partial charge >= 0.3 is 0 Å². The van der Waals surface area contributed by atoms with Gasteiger partial charge in [0.25, 0.3) is 6.02 Å². The molecule has 0 aromatic carbocycles. The van der Waals surface area contributed by atoms with Gasteiger partial charge in [0.15, 0.2) is 12.6 Å². The van der Waals surface area contributed by atoms with E-state index in [1.54, 1.807) is 19.0 Å². The Morgan fingerprint density at radius 3 is 1.93 bits per heavy atom. The van der Waals surface area contributed by atoms with Crippen LogP contribution in [-0.2, 0) is 38.0 Å². The van der Waals surface area contributed by atoms with Gasteiger partial charge in [0.05, 0.1) is 31.8 Å². The highest BCUT2D eigenvalue weighted by Crippen LogP contribution is 2.39. The van der Waals surface area contributed by atoms with E-state index in [9.17, 15) is 40.2 Å². The van der Waals surface area contributed by atoms with E-state index in [0.717, 1.165) is 0 Å². The lowest BCUT2D eigenvalue weighted by molar-refractivity contribution is -0.339. The molecule has 0 bridgehead atoms. The topological polar surface area (TPSA) is 251 Å². The predicted molar refractivity (Wildman–Crippen MR) is 146 cm³/mol. The van der Waals surface area contributed by atoms with Crippen LogP contribution >= 0.6 is 0 Å². The quantitative estimate of drug-likeness (QED) is 0.111. The molecule has 18 heteroatoms. The zero-order chi connectivity index (χ0) is 32.5. The summed E-state index contributed by atoms with van der Waals surface area (Å²) in [6.07, 6.45) is -14.5. The molecule has 1 aliphatic carbocycles. The van der Waals surface area contributed by atoms with Crippen LogP contribution in [0.25, 0.3) is 0 Å². The van der Waals surface area contributed by atoms with Crippen LogP contribution < -0.4 is 10.6 Å². The highest BCUT2D eigenvalue weighted by atomic mass is 16.7. The molecule has 2 amide bonds. The summed E-state index contributed by atoms with van der Waals surface area (Å²) in [5.41, 5.74) is 0. The number of nitrogens with one attached hydrogen (secondary N) is 2. The molecule has 8 N–H and O–H groups in total. The number of carbonyl (C=O) groups is 2. The molecule has 44 heavy (non-hydrogen) atoms. The maximum Gasteiger partial charge on any atom is 0.287 e. The first-order valence-corrected chi connectivity index (χ1v) is 14.3. The van der Waals surface area contributed by atoms with Crippen LogP contribution in [0.2, 0.25) is 0 Å².